The molecule has 0 aliphatic carbocycles. The van der Waals surface area contributed by atoms with Crippen LogP contribution in [0, 0.1) is 0 Å². The first-order valence-corrected chi connectivity index (χ1v) is 4.64. The molecule has 3 heteroatoms. The number of aliphatic hydroxyl groups is 1. The Hall–Kier alpha value is -1.32. The molecule has 0 spiro atoms. The molecule has 0 unspecified atom stereocenters. The Kier molecular flexibility index (Phi) is 2.27. The zero-order chi connectivity index (χ0) is 10.1. The minimum atomic E-state index is -0.283. The van der Waals surface area contributed by atoms with Crippen LogP contribution in [0.3, 0.4) is 0 Å². The van der Waals surface area contributed by atoms with Gasteiger partial charge in [-0.05, 0) is 23.1 Å². The molecule has 0 aliphatic rings. The van der Waals surface area contributed by atoms with E-state index in [-0.39, 0.29) is 12.6 Å². The van der Waals surface area contributed by atoms with Gasteiger partial charge in [0.25, 0.3) is 0 Å². The number of benzene rings is 1. The van der Waals surface area contributed by atoms with Gasteiger partial charge in [-0.25, -0.2) is 0 Å². The van der Waals surface area contributed by atoms with Crippen molar-refractivity contribution in [3.63, 3.8) is 0 Å². The fourth-order valence-corrected chi connectivity index (χ4v) is 1.62. The lowest BCUT2D eigenvalue weighted by Gasteiger charge is -2.08. The molecule has 1 heterocycles. The van der Waals surface area contributed by atoms with Crippen molar-refractivity contribution in [3.8, 4) is 0 Å². The number of aromatic nitrogens is 1. The van der Waals surface area contributed by atoms with E-state index in [1.807, 2.05) is 36.0 Å². The molecule has 0 radical (unpaired) electrons. The number of nitrogens with zero attached hydrogens (tertiary/aromatic N) is 1. The van der Waals surface area contributed by atoms with Gasteiger partial charge in [-0.1, -0.05) is 12.1 Å². The molecule has 0 fully saturated rings. The van der Waals surface area contributed by atoms with Crippen molar-refractivity contribution in [2.24, 2.45) is 12.8 Å². The molecule has 1 aromatic carbocycles. The SMILES string of the molecule is Cn1ccc2ccc([C@H](N)CO)cc21. The van der Waals surface area contributed by atoms with E-state index >= 15 is 0 Å². The molecule has 1 aromatic heterocycles. The van der Waals surface area contributed by atoms with Crippen molar-refractivity contribution in [2.45, 2.75) is 6.04 Å². The molecule has 0 bridgehead atoms. The second-order valence-electron chi connectivity index (χ2n) is 3.53. The lowest BCUT2D eigenvalue weighted by molar-refractivity contribution is 0.268. The number of aryl methyl sites for hydroxylation is 1. The lowest BCUT2D eigenvalue weighted by atomic mass is 10.1. The van der Waals surface area contributed by atoms with Crippen molar-refractivity contribution in [3.05, 3.63) is 36.0 Å². The van der Waals surface area contributed by atoms with E-state index in [0.717, 1.165) is 11.1 Å². The number of nitrogens with two attached hydrogens (primary N) is 1. The summed E-state index contributed by atoms with van der Waals surface area (Å²) in [6.45, 7) is -0.0179. The monoisotopic (exact) mass is 190 g/mol. The van der Waals surface area contributed by atoms with Gasteiger partial charge in [-0.15, -0.1) is 0 Å². The van der Waals surface area contributed by atoms with Crippen molar-refractivity contribution in [1.82, 2.24) is 4.57 Å². The van der Waals surface area contributed by atoms with Gasteiger partial charge in [-0.2, -0.15) is 0 Å². The van der Waals surface area contributed by atoms with Crippen LogP contribution in [0.25, 0.3) is 10.9 Å². The highest BCUT2D eigenvalue weighted by Crippen LogP contribution is 2.19. The van der Waals surface area contributed by atoms with E-state index in [9.17, 15) is 0 Å². The third-order valence-electron chi connectivity index (χ3n) is 2.54. The van der Waals surface area contributed by atoms with Gasteiger partial charge >= 0.3 is 0 Å². The second-order valence-corrected chi connectivity index (χ2v) is 3.53. The lowest BCUT2D eigenvalue weighted by Crippen LogP contribution is -2.14. The first-order chi connectivity index (χ1) is 6.72. The summed E-state index contributed by atoms with van der Waals surface area (Å²) in [5, 5.41) is 10.1. The summed E-state index contributed by atoms with van der Waals surface area (Å²) in [6.07, 6.45) is 2.01. The maximum atomic E-state index is 8.95. The highest BCUT2D eigenvalue weighted by Gasteiger charge is 2.05. The van der Waals surface area contributed by atoms with Gasteiger partial charge in [0.15, 0.2) is 0 Å². The first-order valence-electron chi connectivity index (χ1n) is 4.64. The highest BCUT2D eigenvalue weighted by molar-refractivity contribution is 5.80. The fourth-order valence-electron chi connectivity index (χ4n) is 1.62. The van der Waals surface area contributed by atoms with Crippen molar-refractivity contribution in [2.75, 3.05) is 6.61 Å². The molecule has 14 heavy (non-hydrogen) atoms. The molecular formula is C11H14N2O. The smallest absolute Gasteiger partial charge is 0.0624 e. The van der Waals surface area contributed by atoms with Gasteiger partial charge in [-0.3, -0.25) is 0 Å². The number of fused-ring (bicyclic) bond motifs is 1. The van der Waals surface area contributed by atoms with Crippen LogP contribution in [0.2, 0.25) is 0 Å². The van der Waals surface area contributed by atoms with E-state index in [1.165, 1.54) is 5.39 Å². The zero-order valence-corrected chi connectivity index (χ0v) is 8.14. The topological polar surface area (TPSA) is 51.2 Å². The standard InChI is InChI=1S/C11H14N2O/c1-13-5-4-8-2-3-9(6-11(8)13)10(12)7-14/h2-6,10,14H,7,12H2,1H3/t10-/m1/s1. The second kappa shape index (κ2) is 3.44. The number of hydrogen-bond acceptors (Lipinski definition) is 2. The summed E-state index contributed by atoms with van der Waals surface area (Å²) in [5.41, 5.74) is 7.86. The Balaban J connectivity index is 2.54. The molecule has 2 rings (SSSR count). The van der Waals surface area contributed by atoms with E-state index in [1.54, 1.807) is 0 Å². The first kappa shape index (κ1) is 9.24. The summed E-state index contributed by atoms with van der Waals surface area (Å²) in [5.74, 6) is 0. The number of rotatable bonds is 2. The van der Waals surface area contributed by atoms with Gasteiger partial charge in [0, 0.05) is 18.8 Å². The molecule has 1 atom stereocenters. The normalized spacial score (nSPS) is 13.4. The quantitative estimate of drug-likeness (QED) is 0.747. The maximum absolute atomic E-state index is 8.95. The predicted octanol–water partition coefficient (Wildman–Crippen LogP) is 1.17. The third kappa shape index (κ3) is 1.41. The molecule has 74 valence electrons. The van der Waals surface area contributed by atoms with Crippen LogP contribution in [0.15, 0.2) is 30.5 Å². The summed E-state index contributed by atoms with van der Waals surface area (Å²) < 4.78 is 2.04. The molecule has 0 amide bonds. The third-order valence-corrected chi connectivity index (χ3v) is 2.54. The van der Waals surface area contributed by atoms with Crippen molar-refractivity contribution in [1.29, 1.82) is 0 Å². The number of hydrogen-bond donors (Lipinski definition) is 2. The molecule has 3 N–H and O–H groups in total. The van der Waals surface area contributed by atoms with Crippen molar-refractivity contribution < 1.29 is 5.11 Å². The summed E-state index contributed by atoms with van der Waals surface area (Å²) in [6, 6.07) is 7.79. The van der Waals surface area contributed by atoms with Crippen LogP contribution in [-0.4, -0.2) is 16.3 Å². The zero-order valence-electron chi connectivity index (χ0n) is 8.14. The average Bonchev–Trinajstić information content (AvgIpc) is 2.59. The Morgan fingerprint density at radius 3 is 2.93 bits per heavy atom. The Morgan fingerprint density at radius 1 is 1.43 bits per heavy atom. The van der Waals surface area contributed by atoms with E-state index < -0.39 is 0 Å². The summed E-state index contributed by atoms with van der Waals surface area (Å²) in [7, 11) is 2.00. The molecule has 0 saturated heterocycles. The largest absolute Gasteiger partial charge is 0.394 e. The van der Waals surface area contributed by atoms with Crippen LogP contribution >= 0.6 is 0 Å². The van der Waals surface area contributed by atoms with Crippen LogP contribution < -0.4 is 5.73 Å². The molecule has 2 aromatic rings. The Bertz CT molecular complexity index is 447. The van der Waals surface area contributed by atoms with Gasteiger partial charge in [0.1, 0.15) is 0 Å². The highest BCUT2D eigenvalue weighted by atomic mass is 16.3. The molecule has 0 saturated carbocycles. The Labute approximate surface area is 82.8 Å². The van der Waals surface area contributed by atoms with Gasteiger partial charge in [0.2, 0.25) is 0 Å². The minimum Gasteiger partial charge on any atom is -0.394 e. The number of aliphatic hydroxyl groups excluding tert-OH is 1. The predicted molar refractivity (Wildman–Crippen MR) is 56.9 cm³/mol. The maximum Gasteiger partial charge on any atom is 0.0624 e. The summed E-state index contributed by atoms with van der Waals surface area (Å²) in [4.78, 5) is 0. The van der Waals surface area contributed by atoms with Gasteiger partial charge < -0.3 is 15.4 Å². The van der Waals surface area contributed by atoms with Crippen LogP contribution in [0.5, 0.6) is 0 Å². The van der Waals surface area contributed by atoms with Gasteiger partial charge in [0.05, 0.1) is 12.6 Å². The minimum absolute atomic E-state index is 0.0179. The molecule has 0 aliphatic heterocycles. The summed E-state index contributed by atoms with van der Waals surface area (Å²) >= 11 is 0. The average molecular weight is 190 g/mol. The van der Waals surface area contributed by atoms with Crippen molar-refractivity contribution >= 4 is 10.9 Å². The fraction of sp³-hybridized carbons (Fsp3) is 0.273. The Morgan fingerprint density at radius 2 is 2.21 bits per heavy atom. The van der Waals surface area contributed by atoms with E-state index in [0.29, 0.717) is 0 Å². The van der Waals surface area contributed by atoms with Crippen LogP contribution in [0.1, 0.15) is 11.6 Å². The van der Waals surface area contributed by atoms with E-state index in [2.05, 4.69) is 6.07 Å². The molecule has 3 nitrogen and oxygen atoms in total. The molecular weight excluding hydrogens is 176 g/mol. The van der Waals surface area contributed by atoms with Crippen LogP contribution in [0.4, 0.5) is 0 Å². The van der Waals surface area contributed by atoms with E-state index in [4.69, 9.17) is 10.8 Å². The van der Waals surface area contributed by atoms with Crippen LogP contribution in [-0.2, 0) is 7.05 Å².